The Bertz CT molecular complexity index is 244. The molecular formula is C17H36O2Si. The average Bonchev–Trinajstić information content (AvgIpc) is 3.09. The van der Waals surface area contributed by atoms with Crippen molar-refractivity contribution >= 4 is 8.32 Å². The van der Waals surface area contributed by atoms with E-state index in [4.69, 9.17) is 9.16 Å². The lowest BCUT2D eigenvalue weighted by atomic mass is 10.0. The Kier molecular flexibility index (Phi) is 8.38. The van der Waals surface area contributed by atoms with Crippen molar-refractivity contribution in [2.24, 2.45) is 0 Å². The van der Waals surface area contributed by atoms with Gasteiger partial charge in [-0.15, -0.1) is 0 Å². The standard InChI is InChI=1S/C17H36O2Si/c1-5-6-7-8-9-10-11-12-13-14-15-17(16-18-17)19-20(2,3)4/h5-16H2,1-4H3. The summed E-state index contributed by atoms with van der Waals surface area (Å²) in [4.78, 5) is 0. The Labute approximate surface area is 127 Å². The summed E-state index contributed by atoms with van der Waals surface area (Å²) in [6, 6.07) is 0. The van der Waals surface area contributed by atoms with Gasteiger partial charge in [-0.1, -0.05) is 64.7 Å². The van der Waals surface area contributed by atoms with Gasteiger partial charge >= 0.3 is 0 Å². The van der Waals surface area contributed by atoms with Crippen LogP contribution in [0.25, 0.3) is 0 Å². The number of unbranched alkanes of at least 4 members (excludes halogenated alkanes) is 9. The summed E-state index contributed by atoms with van der Waals surface area (Å²) in [7, 11) is -1.45. The third-order valence-electron chi connectivity index (χ3n) is 3.87. The number of rotatable bonds is 13. The molecule has 1 saturated heterocycles. The minimum absolute atomic E-state index is 0.162. The highest BCUT2D eigenvalue weighted by molar-refractivity contribution is 6.69. The summed E-state index contributed by atoms with van der Waals surface area (Å²) in [6.45, 7) is 9.84. The molecule has 120 valence electrons. The Morgan fingerprint density at radius 1 is 0.850 bits per heavy atom. The molecular weight excluding hydrogens is 264 g/mol. The van der Waals surface area contributed by atoms with Crippen LogP contribution in [0.2, 0.25) is 19.6 Å². The number of hydrogen-bond donors (Lipinski definition) is 0. The molecule has 0 aromatic heterocycles. The summed E-state index contributed by atoms with van der Waals surface area (Å²) in [5, 5.41) is 0. The zero-order chi connectivity index (χ0) is 14.9. The topological polar surface area (TPSA) is 21.8 Å². The molecule has 1 fully saturated rings. The maximum absolute atomic E-state index is 6.14. The van der Waals surface area contributed by atoms with E-state index < -0.39 is 8.32 Å². The largest absolute Gasteiger partial charge is 0.389 e. The third kappa shape index (κ3) is 9.14. The molecule has 0 aromatic carbocycles. The molecule has 20 heavy (non-hydrogen) atoms. The van der Waals surface area contributed by atoms with Crippen LogP contribution in [0.3, 0.4) is 0 Å². The Hall–Kier alpha value is 0.137. The molecule has 0 saturated carbocycles. The number of epoxide rings is 1. The van der Waals surface area contributed by atoms with Crippen LogP contribution in [-0.4, -0.2) is 20.7 Å². The average molecular weight is 301 g/mol. The minimum Gasteiger partial charge on any atom is -0.389 e. The first-order valence-electron chi connectivity index (χ1n) is 8.82. The Morgan fingerprint density at radius 2 is 1.30 bits per heavy atom. The quantitative estimate of drug-likeness (QED) is 0.241. The monoisotopic (exact) mass is 300 g/mol. The fraction of sp³-hybridized carbons (Fsp3) is 1.00. The van der Waals surface area contributed by atoms with Crippen molar-refractivity contribution < 1.29 is 9.16 Å². The van der Waals surface area contributed by atoms with Crippen LogP contribution in [0.4, 0.5) is 0 Å². The molecule has 1 atom stereocenters. The van der Waals surface area contributed by atoms with E-state index in [9.17, 15) is 0 Å². The summed E-state index contributed by atoms with van der Waals surface area (Å²) >= 11 is 0. The van der Waals surface area contributed by atoms with Gasteiger partial charge in [0.15, 0.2) is 14.1 Å². The fourth-order valence-corrected chi connectivity index (χ4v) is 4.11. The van der Waals surface area contributed by atoms with Crippen LogP contribution in [0.1, 0.15) is 77.6 Å². The van der Waals surface area contributed by atoms with Crippen molar-refractivity contribution in [2.45, 2.75) is 103 Å². The molecule has 1 aliphatic rings. The van der Waals surface area contributed by atoms with E-state index in [0.29, 0.717) is 0 Å². The Morgan fingerprint density at radius 3 is 1.70 bits per heavy atom. The van der Waals surface area contributed by atoms with Crippen molar-refractivity contribution in [2.75, 3.05) is 6.61 Å². The van der Waals surface area contributed by atoms with E-state index in [0.717, 1.165) is 13.0 Å². The lowest BCUT2D eigenvalue weighted by Crippen LogP contribution is -2.34. The number of hydrogen-bond acceptors (Lipinski definition) is 2. The second-order valence-corrected chi connectivity index (χ2v) is 11.8. The molecule has 0 bridgehead atoms. The molecule has 2 nitrogen and oxygen atoms in total. The molecule has 1 aliphatic heterocycles. The first kappa shape index (κ1) is 18.2. The maximum Gasteiger partial charge on any atom is 0.187 e. The highest BCUT2D eigenvalue weighted by Crippen LogP contribution is 2.37. The van der Waals surface area contributed by atoms with E-state index in [1.807, 2.05) is 0 Å². The van der Waals surface area contributed by atoms with Crippen LogP contribution in [0.15, 0.2) is 0 Å². The second-order valence-electron chi connectivity index (χ2n) is 7.35. The highest BCUT2D eigenvalue weighted by Gasteiger charge is 2.48. The Balaban J connectivity index is 1.88. The van der Waals surface area contributed by atoms with Crippen molar-refractivity contribution in [3.05, 3.63) is 0 Å². The lowest BCUT2D eigenvalue weighted by molar-refractivity contribution is 0.0442. The predicted molar refractivity (Wildman–Crippen MR) is 89.6 cm³/mol. The van der Waals surface area contributed by atoms with Gasteiger partial charge in [0.05, 0.1) is 0 Å². The van der Waals surface area contributed by atoms with Crippen LogP contribution >= 0.6 is 0 Å². The highest BCUT2D eigenvalue weighted by atomic mass is 28.4. The minimum atomic E-state index is -1.45. The SMILES string of the molecule is CCCCCCCCCCCCC1(O[Si](C)(C)C)CO1. The molecule has 0 radical (unpaired) electrons. The van der Waals surface area contributed by atoms with Gasteiger partial charge in [0.25, 0.3) is 0 Å². The van der Waals surface area contributed by atoms with E-state index >= 15 is 0 Å². The summed E-state index contributed by atoms with van der Waals surface area (Å²) in [6.07, 6.45) is 15.0. The zero-order valence-electron chi connectivity index (χ0n) is 14.3. The number of ether oxygens (including phenoxy) is 1. The van der Waals surface area contributed by atoms with E-state index in [2.05, 4.69) is 26.6 Å². The molecule has 0 amide bonds. The van der Waals surface area contributed by atoms with Crippen molar-refractivity contribution in [3.63, 3.8) is 0 Å². The van der Waals surface area contributed by atoms with Gasteiger partial charge in [-0.2, -0.15) is 0 Å². The van der Waals surface area contributed by atoms with Gasteiger partial charge in [-0.05, 0) is 26.1 Å². The first-order valence-corrected chi connectivity index (χ1v) is 12.2. The van der Waals surface area contributed by atoms with E-state index in [-0.39, 0.29) is 5.79 Å². The van der Waals surface area contributed by atoms with Gasteiger partial charge in [0.1, 0.15) is 6.61 Å². The lowest BCUT2D eigenvalue weighted by Gasteiger charge is -2.23. The molecule has 0 aliphatic carbocycles. The molecule has 3 heteroatoms. The van der Waals surface area contributed by atoms with Gasteiger partial charge in [-0.25, -0.2) is 0 Å². The van der Waals surface area contributed by atoms with Crippen LogP contribution in [0, 0.1) is 0 Å². The summed E-state index contributed by atoms with van der Waals surface area (Å²) in [5.41, 5.74) is 0. The smallest absolute Gasteiger partial charge is 0.187 e. The van der Waals surface area contributed by atoms with Gasteiger partial charge < -0.3 is 9.16 Å². The first-order chi connectivity index (χ1) is 9.47. The molecule has 0 aromatic rings. The van der Waals surface area contributed by atoms with Crippen LogP contribution in [-0.2, 0) is 9.16 Å². The normalized spacial score (nSPS) is 22.2. The van der Waals surface area contributed by atoms with E-state index in [1.54, 1.807) is 0 Å². The fourth-order valence-electron chi connectivity index (χ4n) is 2.77. The molecule has 0 N–H and O–H groups in total. The predicted octanol–water partition coefficient (Wildman–Crippen LogP) is 5.88. The molecule has 1 unspecified atom stereocenters. The molecule has 0 spiro atoms. The molecule has 1 heterocycles. The van der Waals surface area contributed by atoms with Crippen LogP contribution < -0.4 is 0 Å². The van der Waals surface area contributed by atoms with E-state index in [1.165, 1.54) is 64.2 Å². The molecule has 1 rings (SSSR count). The maximum atomic E-state index is 6.14. The van der Waals surface area contributed by atoms with Crippen molar-refractivity contribution in [3.8, 4) is 0 Å². The van der Waals surface area contributed by atoms with Gasteiger partial charge in [0, 0.05) is 6.42 Å². The van der Waals surface area contributed by atoms with Gasteiger partial charge in [-0.3, -0.25) is 0 Å². The van der Waals surface area contributed by atoms with Crippen LogP contribution in [0.5, 0.6) is 0 Å². The third-order valence-corrected chi connectivity index (χ3v) is 4.85. The zero-order valence-corrected chi connectivity index (χ0v) is 15.3. The van der Waals surface area contributed by atoms with Crippen molar-refractivity contribution in [1.82, 2.24) is 0 Å². The summed E-state index contributed by atoms with van der Waals surface area (Å²) in [5.74, 6) is -0.162. The van der Waals surface area contributed by atoms with Gasteiger partial charge in [0.2, 0.25) is 0 Å². The van der Waals surface area contributed by atoms with Crippen molar-refractivity contribution in [1.29, 1.82) is 0 Å². The second kappa shape index (κ2) is 9.21. The summed E-state index contributed by atoms with van der Waals surface area (Å²) < 4.78 is 11.7.